The van der Waals surface area contributed by atoms with Gasteiger partial charge in [-0.15, -0.1) is 0 Å². The summed E-state index contributed by atoms with van der Waals surface area (Å²) in [7, 11) is 0. The van der Waals surface area contributed by atoms with Crippen molar-refractivity contribution in [3.05, 3.63) is 62.7 Å². The molecule has 0 heterocycles. The summed E-state index contributed by atoms with van der Waals surface area (Å²) >= 11 is 6.08. The molecule has 0 amide bonds. The maximum atomic E-state index is 12.7. The van der Waals surface area contributed by atoms with Gasteiger partial charge in [0.25, 0.3) is 0 Å². The van der Waals surface area contributed by atoms with Gasteiger partial charge in [-0.25, -0.2) is 0 Å². The minimum absolute atomic E-state index is 0.00790. The molecule has 0 radical (unpaired) electrons. The molecule has 0 aliphatic carbocycles. The van der Waals surface area contributed by atoms with Crippen LogP contribution in [0, 0.1) is 27.7 Å². The third-order valence-electron chi connectivity index (χ3n) is 3.61. The molecule has 2 aromatic carbocycles. The van der Waals surface area contributed by atoms with Gasteiger partial charge in [0.2, 0.25) is 0 Å². The van der Waals surface area contributed by atoms with Gasteiger partial charge in [-0.3, -0.25) is 4.79 Å². The molecule has 0 unspecified atom stereocenters. The highest BCUT2D eigenvalue weighted by atomic mass is 35.5. The van der Waals surface area contributed by atoms with E-state index in [1.807, 2.05) is 45.9 Å². The van der Waals surface area contributed by atoms with E-state index in [0.29, 0.717) is 21.8 Å². The summed E-state index contributed by atoms with van der Waals surface area (Å²) in [5.74, 6) is -0.00790. The molecule has 0 saturated heterocycles. The second kappa shape index (κ2) is 5.29. The van der Waals surface area contributed by atoms with Crippen LogP contribution in [-0.4, -0.2) is 5.78 Å². The number of carbonyl (C=O) groups is 1. The highest BCUT2D eigenvalue weighted by Crippen LogP contribution is 2.25. The van der Waals surface area contributed by atoms with Gasteiger partial charge in [0, 0.05) is 21.8 Å². The van der Waals surface area contributed by atoms with Gasteiger partial charge in [0.15, 0.2) is 5.78 Å². The second-order valence-electron chi connectivity index (χ2n) is 5.27. The number of rotatable bonds is 2. The molecule has 2 nitrogen and oxygen atoms in total. The van der Waals surface area contributed by atoms with Crippen LogP contribution in [-0.2, 0) is 0 Å². The minimum atomic E-state index is -0.00790. The fraction of sp³-hybridized carbons (Fsp3) is 0.235. The minimum Gasteiger partial charge on any atom is -0.398 e. The van der Waals surface area contributed by atoms with E-state index in [0.717, 1.165) is 22.3 Å². The maximum Gasteiger partial charge on any atom is 0.193 e. The maximum absolute atomic E-state index is 12.7. The van der Waals surface area contributed by atoms with Crippen LogP contribution < -0.4 is 5.73 Å². The van der Waals surface area contributed by atoms with Gasteiger partial charge in [-0.1, -0.05) is 17.7 Å². The van der Waals surface area contributed by atoms with Crippen molar-refractivity contribution in [2.75, 3.05) is 5.73 Å². The van der Waals surface area contributed by atoms with Gasteiger partial charge in [-0.05, 0) is 68.1 Å². The van der Waals surface area contributed by atoms with Gasteiger partial charge in [0.05, 0.1) is 0 Å². The molecule has 0 aliphatic heterocycles. The molecule has 0 bridgehead atoms. The van der Waals surface area contributed by atoms with Crippen LogP contribution in [0.3, 0.4) is 0 Å². The van der Waals surface area contributed by atoms with E-state index >= 15 is 0 Å². The summed E-state index contributed by atoms with van der Waals surface area (Å²) in [4.78, 5) is 12.7. The number of nitrogen functional groups attached to an aromatic ring is 1. The van der Waals surface area contributed by atoms with Crippen LogP contribution in [0.1, 0.15) is 38.2 Å². The molecule has 2 aromatic rings. The number of ketones is 1. The summed E-state index contributed by atoms with van der Waals surface area (Å²) in [6.45, 7) is 7.66. The Hall–Kier alpha value is -1.80. The van der Waals surface area contributed by atoms with Gasteiger partial charge in [-0.2, -0.15) is 0 Å². The SMILES string of the molecule is Cc1cc(C)c(C(=O)c2cc(C)c(Cl)cc2C)cc1N. The summed E-state index contributed by atoms with van der Waals surface area (Å²) in [5.41, 5.74) is 11.6. The Morgan fingerprint density at radius 2 is 1.40 bits per heavy atom. The number of hydrogen-bond acceptors (Lipinski definition) is 2. The molecular weight excluding hydrogens is 270 g/mol. The highest BCUT2D eigenvalue weighted by Gasteiger charge is 2.16. The van der Waals surface area contributed by atoms with Crippen LogP contribution in [0.2, 0.25) is 5.02 Å². The summed E-state index contributed by atoms with van der Waals surface area (Å²) in [6.07, 6.45) is 0. The van der Waals surface area contributed by atoms with Crippen molar-refractivity contribution in [1.82, 2.24) is 0 Å². The Morgan fingerprint density at radius 1 is 0.850 bits per heavy atom. The molecule has 0 atom stereocenters. The molecule has 0 spiro atoms. The zero-order valence-corrected chi connectivity index (χ0v) is 12.9. The smallest absolute Gasteiger partial charge is 0.193 e. The zero-order valence-electron chi connectivity index (χ0n) is 12.2. The molecule has 2 rings (SSSR count). The molecule has 3 heteroatoms. The highest BCUT2D eigenvalue weighted by molar-refractivity contribution is 6.31. The summed E-state index contributed by atoms with van der Waals surface area (Å²) < 4.78 is 0. The molecule has 104 valence electrons. The molecule has 20 heavy (non-hydrogen) atoms. The van der Waals surface area contributed by atoms with Crippen molar-refractivity contribution in [3.8, 4) is 0 Å². The average molecular weight is 288 g/mol. The van der Waals surface area contributed by atoms with E-state index in [1.54, 1.807) is 6.07 Å². The lowest BCUT2D eigenvalue weighted by molar-refractivity contribution is 0.103. The van der Waals surface area contributed by atoms with Gasteiger partial charge in [0.1, 0.15) is 0 Å². The summed E-state index contributed by atoms with van der Waals surface area (Å²) in [5, 5.41) is 0.680. The molecule has 0 saturated carbocycles. The Morgan fingerprint density at radius 3 is 2.05 bits per heavy atom. The molecule has 0 aromatic heterocycles. The first-order valence-corrected chi connectivity index (χ1v) is 6.87. The first-order chi connectivity index (χ1) is 9.31. The van der Waals surface area contributed by atoms with Gasteiger partial charge >= 0.3 is 0 Å². The van der Waals surface area contributed by atoms with Crippen molar-refractivity contribution < 1.29 is 4.79 Å². The monoisotopic (exact) mass is 287 g/mol. The van der Waals surface area contributed by atoms with Crippen LogP contribution >= 0.6 is 11.6 Å². The van der Waals surface area contributed by atoms with E-state index < -0.39 is 0 Å². The Kier molecular flexibility index (Phi) is 3.87. The Balaban J connectivity index is 2.57. The Bertz CT molecular complexity index is 645. The van der Waals surface area contributed by atoms with Crippen LogP contribution in [0.25, 0.3) is 0 Å². The number of halogens is 1. The molecule has 2 N–H and O–H groups in total. The topological polar surface area (TPSA) is 43.1 Å². The van der Waals surface area contributed by atoms with Crippen LogP contribution in [0.5, 0.6) is 0 Å². The second-order valence-corrected chi connectivity index (χ2v) is 5.68. The molecular formula is C17H18ClNO. The van der Waals surface area contributed by atoms with Crippen molar-refractivity contribution in [1.29, 1.82) is 0 Å². The lowest BCUT2D eigenvalue weighted by atomic mass is 9.93. The van der Waals surface area contributed by atoms with Crippen molar-refractivity contribution >= 4 is 23.1 Å². The van der Waals surface area contributed by atoms with E-state index in [-0.39, 0.29) is 5.78 Å². The number of nitrogens with two attached hydrogens (primary N) is 1. The fourth-order valence-corrected chi connectivity index (χ4v) is 2.50. The Labute approximate surface area is 124 Å². The lowest BCUT2D eigenvalue weighted by Crippen LogP contribution is -2.08. The van der Waals surface area contributed by atoms with E-state index in [4.69, 9.17) is 17.3 Å². The third-order valence-corrected chi connectivity index (χ3v) is 4.02. The number of aryl methyl sites for hydroxylation is 4. The van der Waals surface area contributed by atoms with Crippen LogP contribution in [0.15, 0.2) is 24.3 Å². The number of benzene rings is 2. The number of anilines is 1. The quantitative estimate of drug-likeness (QED) is 0.658. The third kappa shape index (κ3) is 2.56. The van der Waals surface area contributed by atoms with Crippen molar-refractivity contribution in [2.45, 2.75) is 27.7 Å². The van der Waals surface area contributed by atoms with E-state index in [9.17, 15) is 4.79 Å². The van der Waals surface area contributed by atoms with E-state index in [2.05, 4.69) is 0 Å². The first kappa shape index (κ1) is 14.6. The molecule has 0 fully saturated rings. The normalized spacial score (nSPS) is 10.7. The first-order valence-electron chi connectivity index (χ1n) is 6.49. The predicted octanol–water partition coefficient (Wildman–Crippen LogP) is 4.39. The fourth-order valence-electron chi connectivity index (χ4n) is 2.28. The largest absolute Gasteiger partial charge is 0.398 e. The summed E-state index contributed by atoms with van der Waals surface area (Å²) in [6, 6.07) is 7.38. The lowest BCUT2D eigenvalue weighted by Gasteiger charge is -2.12. The number of hydrogen-bond donors (Lipinski definition) is 1. The predicted molar refractivity (Wildman–Crippen MR) is 84.7 cm³/mol. The zero-order chi connectivity index (χ0) is 15.0. The average Bonchev–Trinajstić information content (AvgIpc) is 2.37. The van der Waals surface area contributed by atoms with Crippen molar-refractivity contribution in [2.24, 2.45) is 0 Å². The van der Waals surface area contributed by atoms with Gasteiger partial charge < -0.3 is 5.73 Å². The number of carbonyl (C=O) groups excluding carboxylic acids is 1. The van der Waals surface area contributed by atoms with Crippen molar-refractivity contribution in [3.63, 3.8) is 0 Å². The molecule has 0 aliphatic rings. The van der Waals surface area contributed by atoms with Crippen LogP contribution in [0.4, 0.5) is 5.69 Å². The standard InChI is InChI=1S/C17H18ClNO/c1-9-5-12(4)16(19)8-14(9)17(20)13-6-11(3)15(18)7-10(13)2/h5-8H,19H2,1-4H3. The van der Waals surface area contributed by atoms with E-state index in [1.165, 1.54) is 0 Å².